The molecule has 2 aromatic rings. The summed E-state index contributed by atoms with van der Waals surface area (Å²) >= 11 is 1.20. The van der Waals surface area contributed by atoms with Crippen molar-refractivity contribution in [1.29, 1.82) is 0 Å². The van der Waals surface area contributed by atoms with Crippen molar-refractivity contribution in [2.24, 2.45) is 5.92 Å². The normalized spacial score (nSPS) is 25.9. The summed E-state index contributed by atoms with van der Waals surface area (Å²) in [6.45, 7) is 3.18. The lowest BCUT2D eigenvalue weighted by molar-refractivity contribution is 0.0619. The Bertz CT molecular complexity index is 923. The summed E-state index contributed by atoms with van der Waals surface area (Å²) < 4.78 is 30.2. The van der Waals surface area contributed by atoms with Crippen LogP contribution in [0.1, 0.15) is 24.8 Å². The van der Waals surface area contributed by atoms with Gasteiger partial charge in [0, 0.05) is 25.1 Å². The summed E-state index contributed by atoms with van der Waals surface area (Å²) in [5.74, 6) is 0.415. The fourth-order valence-electron chi connectivity index (χ4n) is 3.74. The van der Waals surface area contributed by atoms with E-state index in [1.807, 2.05) is 0 Å². The molecule has 1 aromatic heterocycles. The van der Waals surface area contributed by atoms with E-state index in [2.05, 4.69) is 19.3 Å². The lowest BCUT2D eigenvalue weighted by Gasteiger charge is -2.44. The van der Waals surface area contributed by atoms with Crippen molar-refractivity contribution in [3.63, 3.8) is 0 Å². The van der Waals surface area contributed by atoms with Gasteiger partial charge in [-0.05, 0) is 61.6 Å². The maximum atomic E-state index is 12.7. The molecule has 2 bridgehead atoms. The number of sulfonamides is 1. The van der Waals surface area contributed by atoms with E-state index in [0.717, 1.165) is 48.8 Å². The third kappa shape index (κ3) is 3.49. The number of nitrogens with one attached hydrogen (secondary N) is 2. The van der Waals surface area contributed by atoms with E-state index in [4.69, 9.17) is 0 Å². The van der Waals surface area contributed by atoms with Crippen LogP contribution in [-0.4, -0.2) is 55.5 Å². The maximum Gasteiger partial charge on any atom is 0.271 e. The predicted octanol–water partition coefficient (Wildman–Crippen LogP) is 1.74. The van der Waals surface area contributed by atoms with Gasteiger partial charge in [-0.2, -0.15) is 4.37 Å². The number of carbonyl (C=O) groups is 1. The quantitative estimate of drug-likeness (QED) is 0.840. The monoisotopic (exact) mass is 382 g/mol. The molecule has 3 aliphatic rings. The highest BCUT2D eigenvalue weighted by molar-refractivity contribution is 7.92. The van der Waals surface area contributed by atoms with Crippen molar-refractivity contribution in [1.82, 2.24) is 14.6 Å². The van der Waals surface area contributed by atoms with Crippen molar-refractivity contribution < 1.29 is 14.6 Å². The first-order chi connectivity index (χ1) is 11.9. The van der Waals surface area contributed by atoms with Crippen LogP contribution in [-0.2, 0) is 10.0 Å². The van der Waals surface area contributed by atoms with Gasteiger partial charge in [0.2, 0.25) is 10.0 Å². The second kappa shape index (κ2) is 6.22. The van der Waals surface area contributed by atoms with Crippen LogP contribution < -0.4 is 10.0 Å². The Balaban J connectivity index is 0.00000196. The van der Waals surface area contributed by atoms with E-state index in [0.29, 0.717) is 17.3 Å². The zero-order chi connectivity index (χ0) is 17.6. The first-order valence-electron chi connectivity index (χ1n) is 8.29. The Morgan fingerprint density at radius 2 is 2.12 bits per heavy atom. The standard InChI is InChI=1S/C16H20N4O3S2.H2/c1-25(22,23)19-11-2-3-12-14(8-11)24-18-15(12)16(21)17-13-9-20-6-4-10(13)5-7-20;/h2-3,8,10,13,19H,4-7,9H2,1H3,(H,17,21);1H/t13-;/m0./s1. The SMILES string of the molecule is CS(=O)(=O)Nc1ccc2c(C(=O)N[C@H]3CN4CCC3CC4)nsc2c1.[HH]. The molecule has 136 valence electrons. The van der Waals surface area contributed by atoms with Crippen LogP contribution in [0.4, 0.5) is 5.69 Å². The van der Waals surface area contributed by atoms with E-state index in [9.17, 15) is 13.2 Å². The summed E-state index contributed by atoms with van der Waals surface area (Å²) in [5, 5.41) is 3.90. The number of piperidine rings is 3. The lowest BCUT2D eigenvalue weighted by atomic mass is 9.84. The van der Waals surface area contributed by atoms with Crippen LogP contribution in [0.15, 0.2) is 18.2 Å². The largest absolute Gasteiger partial charge is 0.346 e. The summed E-state index contributed by atoms with van der Waals surface area (Å²) in [4.78, 5) is 15.1. The predicted molar refractivity (Wildman–Crippen MR) is 101 cm³/mol. The molecule has 1 atom stereocenters. The molecule has 0 radical (unpaired) electrons. The fraction of sp³-hybridized carbons (Fsp3) is 0.500. The number of hydrogen-bond donors (Lipinski definition) is 2. The first-order valence-corrected chi connectivity index (χ1v) is 11.0. The van der Waals surface area contributed by atoms with Gasteiger partial charge in [0.05, 0.1) is 11.0 Å². The molecule has 9 heteroatoms. The van der Waals surface area contributed by atoms with E-state index in [1.54, 1.807) is 18.2 Å². The molecular weight excluding hydrogens is 360 g/mol. The number of fused-ring (bicyclic) bond motifs is 4. The number of benzene rings is 1. The Morgan fingerprint density at radius 3 is 2.76 bits per heavy atom. The van der Waals surface area contributed by atoms with Gasteiger partial charge >= 0.3 is 0 Å². The number of nitrogens with zero attached hydrogens (tertiary/aromatic N) is 2. The summed E-state index contributed by atoms with van der Waals surface area (Å²) in [6.07, 6.45) is 3.39. The molecule has 1 aromatic carbocycles. The number of carbonyl (C=O) groups excluding carboxylic acids is 1. The molecule has 3 aliphatic heterocycles. The number of amides is 1. The van der Waals surface area contributed by atoms with Crippen LogP contribution in [0.25, 0.3) is 10.1 Å². The minimum absolute atomic E-state index is 0. The van der Waals surface area contributed by atoms with Crippen LogP contribution in [0.2, 0.25) is 0 Å². The van der Waals surface area contributed by atoms with Crippen LogP contribution >= 0.6 is 11.5 Å². The van der Waals surface area contributed by atoms with Gasteiger partial charge in [-0.25, -0.2) is 8.42 Å². The van der Waals surface area contributed by atoms with Gasteiger partial charge in [-0.3, -0.25) is 9.52 Å². The van der Waals surface area contributed by atoms with Gasteiger partial charge in [0.1, 0.15) is 5.69 Å². The first kappa shape index (κ1) is 16.7. The number of hydrogen-bond acceptors (Lipinski definition) is 6. The average molecular weight is 383 g/mol. The second-order valence-corrected chi connectivity index (χ2v) is 9.39. The van der Waals surface area contributed by atoms with Crippen LogP contribution in [0.3, 0.4) is 0 Å². The molecule has 25 heavy (non-hydrogen) atoms. The molecule has 0 aliphatic carbocycles. The number of rotatable bonds is 4. The molecule has 2 N–H and O–H groups in total. The van der Waals surface area contributed by atoms with E-state index >= 15 is 0 Å². The highest BCUT2D eigenvalue weighted by Crippen LogP contribution is 2.29. The summed E-state index contributed by atoms with van der Waals surface area (Å²) in [6, 6.07) is 5.30. The molecule has 4 heterocycles. The average Bonchev–Trinajstić information content (AvgIpc) is 2.97. The zero-order valence-corrected chi connectivity index (χ0v) is 15.5. The Labute approximate surface area is 152 Å². The third-order valence-corrected chi connectivity index (χ3v) is 6.38. The van der Waals surface area contributed by atoms with Crippen LogP contribution in [0.5, 0.6) is 0 Å². The molecule has 0 spiro atoms. The third-order valence-electron chi connectivity index (χ3n) is 4.96. The minimum Gasteiger partial charge on any atom is -0.346 e. The molecule has 0 saturated carbocycles. The molecular formula is C16H22N4O3S2. The van der Waals surface area contributed by atoms with Crippen molar-refractivity contribution in [3.05, 3.63) is 23.9 Å². The van der Waals surface area contributed by atoms with Crippen molar-refractivity contribution >= 4 is 43.2 Å². The lowest BCUT2D eigenvalue weighted by Crippen LogP contribution is -2.57. The van der Waals surface area contributed by atoms with E-state index in [1.165, 1.54) is 11.5 Å². The molecule has 3 fully saturated rings. The van der Waals surface area contributed by atoms with Crippen molar-refractivity contribution in [2.45, 2.75) is 18.9 Å². The molecule has 0 unspecified atom stereocenters. The highest BCUT2D eigenvalue weighted by Gasteiger charge is 2.35. The van der Waals surface area contributed by atoms with Crippen molar-refractivity contribution in [3.8, 4) is 0 Å². The Morgan fingerprint density at radius 1 is 1.36 bits per heavy atom. The topological polar surface area (TPSA) is 91.4 Å². The van der Waals surface area contributed by atoms with Gasteiger partial charge in [-0.15, -0.1) is 0 Å². The number of aromatic nitrogens is 1. The summed E-state index contributed by atoms with van der Waals surface area (Å²) in [5.41, 5.74) is 0.894. The Hall–Kier alpha value is -1.71. The molecule has 3 saturated heterocycles. The highest BCUT2D eigenvalue weighted by atomic mass is 32.2. The van der Waals surface area contributed by atoms with Gasteiger partial charge in [0.25, 0.3) is 5.91 Å². The van der Waals surface area contributed by atoms with E-state index < -0.39 is 10.0 Å². The van der Waals surface area contributed by atoms with Gasteiger partial charge in [-0.1, -0.05) is 0 Å². The van der Waals surface area contributed by atoms with Gasteiger partial charge in [0.15, 0.2) is 0 Å². The Kier molecular flexibility index (Phi) is 4.17. The van der Waals surface area contributed by atoms with Crippen molar-refractivity contribution in [2.75, 3.05) is 30.6 Å². The maximum absolute atomic E-state index is 12.7. The van der Waals surface area contributed by atoms with Crippen LogP contribution in [0, 0.1) is 5.92 Å². The fourth-order valence-corrected chi connectivity index (χ4v) is 5.11. The van der Waals surface area contributed by atoms with Gasteiger partial charge < -0.3 is 10.2 Å². The molecule has 1 amide bonds. The molecule has 7 nitrogen and oxygen atoms in total. The van der Waals surface area contributed by atoms with E-state index in [-0.39, 0.29) is 13.4 Å². The zero-order valence-electron chi connectivity index (χ0n) is 13.9. The number of anilines is 1. The minimum atomic E-state index is -3.33. The summed E-state index contributed by atoms with van der Waals surface area (Å²) in [7, 11) is -3.33. The second-order valence-electron chi connectivity index (χ2n) is 6.83. The smallest absolute Gasteiger partial charge is 0.271 e. The molecule has 5 rings (SSSR count).